The number of benzene rings is 1. The van der Waals surface area contributed by atoms with Crippen molar-refractivity contribution in [1.29, 1.82) is 5.26 Å². The van der Waals surface area contributed by atoms with E-state index < -0.39 is 17.9 Å². The molecule has 36 heavy (non-hydrogen) atoms. The van der Waals surface area contributed by atoms with Gasteiger partial charge in [0.15, 0.2) is 0 Å². The van der Waals surface area contributed by atoms with E-state index in [1.807, 2.05) is 26.0 Å². The van der Waals surface area contributed by atoms with Crippen LogP contribution in [-0.2, 0) is 16.1 Å². The first-order valence-electron chi connectivity index (χ1n) is 12.3. The van der Waals surface area contributed by atoms with E-state index in [4.69, 9.17) is 9.72 Å². The van der Waals surface area contributed by atoms with E-state index in [1.165, 1.54) is 0 Å². The summed E-state index contributed by atoms with van der Waals surface area (Å²) in [7, 11) is 0. The maximum absolute atomic E-state index is 13.6. The van der Waals surface area contributed by atoms with Gasteiger partial charge in [0.2, 0.25) is 5.95 Å². The number of cyclic esters (lactones) is 1. The molecule has 188 valence electrons. The summed E-state index contributed by atoms with van der Waals surface area (Å²) < 4.78 is 6.89. The van der Waals surface area contributed by atoms with Gasteiger partial charge in [-0.2, -0.15) is 5.26 Å². The van der Waals surface area contributed by atoms with E-state index >= 15 is 0 Å². The predicted octanol–water partition coefficient (Wildman–Crippen LogP) is 3.44. The lowest BCUT2D eigenvalue weighted by molar-refractivity contribution is -0.139. The minimum absolute atomic E-state index is 0.213. The van der Waals surface area contributed by atoms with Gasteiger partial charge >= 0.3 is 5.97 Å². The van der Waals surface area contributed by atoms with Gasteiger partial charge in [0.25, 0.3) is 11.5 Å². The van der Waals surface area contributed by atoms with E-state index in [1.54, 1.807) is 22.8 Å². The summed E-state index contributed by atoms with van der Waals surface area (Å²) in [6, 6.07) is 10.3. The van der Waals surface area contributed by atoms with Crippen molar-refractivity contribution in [3.63, 3.8) is 0 Å². The fourth-order valence-electron chi connectivity index (χ4n) is 4.38. The highest BCUT2D eigenvalue weighted by Crippen LogP contribution is 2.26. The molecule has 2 aliphatic heterocycles. The molecular weight excluding hydrogens is 478 g/mol. The number of piperidine rings is 1. The van der Waals surface area contributed by atoms with Crippen molar-refractivity contribution in [3.8, 4) is 6.07 Å². The normalized spacial score (nSPS) is 17.2. The molecule has 0 bridgehead atoms. The van der Waals surface area contributed by atoms with Gasteiger partial charge < -0.3 is 15.0 Å². The third kappa shape index (κ3) is 5.11. The summed E-state index contributed by atoms with van der Waals surface area (Å²) in [6.07, 6.45) is 3.58. The second kappa shape index (κ2) is 11.4. The molecule has 1 N–H and O–H groups in total. The molecule has 4 heterocycles. The molecular formula is C26H29N5O4S. The maximum atomic E-state index is 13.6. The van der Waals surface area contributed by atoms with E-state index in [9.17, 15) is 19.6 Å². The number of amides is 1. The smallest absolute Gasteiger partial charge is 0.328 e. The Bertz CT molecular complexity index is 1370. The van der Waals surface area contributed by atoms with Gasteiger partial charge in [0, 0.05) is 19.5 Å². The number of anilines is 1. The van der Waals surface area contributed by atoms with Crippen molar-refractivity contribution < 1.29 is 14.3 Å². The average Bonchev–Trinajstić information content (AvgIpc) is 3.54. The van der Waals surface area contributed by atoms with Gasteiger partial charge in [-0.1, -0.05) is 32.0 Å². The van der Waals surface area contributed by atoms with Crippen LogP contribution >= 0.6 is 11.3 Å². The zero-order valence-corrected chi connectivity index (χ0v) is 21.3. The fraction of sp³-hybridized carbons (Fsp3) is 0.423. The largest absolute Gasteiger partial charge is 0.464 e. The van der Waals surface area contributed by atoms with Crippen molar-refractivity contribution in [2.45, 2.75) is 52.1 Å². The third-order valence-electron chi connectivity index (χ3n) is 6.18. The highest BCUT2D eigenvalue weighted by Gasteiger charge is 2.29. The Morgan fingerprint density at radius 2 is 1.97 bits per heavy atom. The van der Waals surface area contributed by atoms with Crippen molar-refractivity contribution in [2.24, 2.45) is 0 Å². The van der Waals surface area contributed by atoms with Crippen LogP contribution in [-0.4, -0.2) is 47.2 Å². The molecule has 10 heteroatoms. The Morgan fingerprint density at radius 3 is 2.67 bits per heavy atom. The molecule has 2 saturated heterocycles. The Balaban J connectivity index is 0.00000148. The molecule has 9 nitrogen and oxygen atoms in total. The third-order valence-corrected chi connectivity index (χ3v) is 7.29. The molecule has 2 aromatic heterocycles. The van der Waals surface area contributed by atoms with Crippen LogP contribution in [0.15, 0.2) is 35.1 Å². The number of nitrogens with zero attached hydrogens (tertiary/aromatic N) is 4. The number of fused-ring (bicyclic) bond motifs is 1. The zero-order chi connectivity index (χ0) is 25.7. The molecule has 1 unspecified atom stereocenters. The summed E-state index contributed by atoms with van der Waals surface area (Å²) in [6.45, 7) is 6.08. The Kier molecular flexibility index (Phi) is 8.00. The van der Waals surface area contributed by atoms with Gasteiger partial charge in [0.1, 0.15) is 10.7 Å². The number of thiophene rings is 1. The lowest BCUT2D eigenvalue weighted by Gasteiger charge is -2.29. The monoisotopic (exact) mass is 507 g/mol. The first kappa shape index (κ1) is 25.4. The molecule has 2 fully saturated rings. The van der Waals surface area contributed by atoms with E-state index in [-0.39, 0.29) is 18.7 Å². The molecule has 0 saturated carbocycles. The van der Waals surface area contributed by atoms with Gasteiger partial charge in [-0.25, -0.2) is 9.78 Å². The number of esters is 1. The van der Waals surface area contributed by atoms with Crippen LogP contribution in [0, 0.1) is 11.3 Å². The molecule has 0 spiro atoms. The number of ether oxygens (including phenoxy) is 1. The maximum Gasteiger partial charge on any atom is 0.328 e. The van der Waals surface area contributed by atoms with E-state index in [0.29, 0.717) is 33.0 Å². The van der Waals surface area contributed by atoms with Gasteiger partial charge in [0.05, 0.1) is 35.2 Å². The highest BCUT2D eigenvalue weighted by molar-refractivity contribution is 7.20. The SMILES string of the molecule is CC.N#Cc1ccccc1Cn1c(N2CCCCC2)nc2cc(C(=O)NC3CCOC3=O)sc2c1=O. The molecule has 5 rings (SSSR count). The van der Waals surface area contributed by atoms with Crippen LogP contribution in [0.1, 0.15) is 60.3 Å². The van der Waals surface area contributed by atoms with Crippen molar-refractivity contribution in [2.75, 3.05) is 24.6 Å². The van der Waals surface area contributed by atoms with Gasteiger partial charge in [-0.05, 0) is 37.0 Å². The summed E-state index contributed by atoms with van der Waals surface area (Å²) in [5.41, 5.74) is 1.46. The van der Waals surface area contributed by atoms with Crippen LogP contribution in [0.25, 0.3) is 10.2 Å². The summed E-state index contributed by atoms with van der Waals surface area (Å²) in [5, 5.41) is 12.2. The van der Waals surface area contributed by atoms with Crippen molar-refractivity contribution in [1.82, 2.24) is 14.9 Å². The second-order valence-corrected chi connectivity index (χ2v) is 9.48. The first-order valence-corrected chi connectivity index (χ1v) is 13.1. The number of hydrogen-bond acceptors (Lipinski definition) is 8. The number of aromatic nitrogens is 2. The quantitative estimate of drug-likeness (QED) is 0.526. The van der Waals surface area contributed by atoms with Gasteiger partial charge in [-0.3, -0.25) is 14.2 Å². The van der Waals surface area contributed by atoms with Crippen LogP contribution in [0.2, 0.25) is 0 Å². The lowest BCUT2D eigenvalue weighted by atomic mass is 10.1. The molecule has 3 aromatic rings. The highest BCUT2D eigenvalue weighted by atomic mass is 32.1. The number of carbonyl (C=O) groups excluding carboxylic acids is 2. The minimum Gasteiger partial charge on any atom is -0.464 e. The van der Waals surface area contributed by atoms with Gasteiger partial charge in [-0.15, -0.1) is 11.3 Å². The molecule has 2 aliphatic rings. The number of nitrogens with one attached hydrogen (secondary N) is 1. The first-order chi connectivity index (χ1) is 17.5. The second-order valence-electron chi connectivity index (χ2n) is 8.43. The molecule has 0 radical (unpaired) electrons. The predicted molar refractivity (Wildman–Crippen MR) is 138 cm³/mol. The number of carbonyl (C=O) groups is 2. The van der Waals surface area contributed by atoms with Crippen molar-refractivity contribution in [3.05, 3.63) is 56.7 Å². The zero-order valence-electron chi connectivity index (χ0n) is 20.5. The number of hydrogen-bond donors (Lipinski definition) is 1. The number of nitriles is 1. The molecule has 0 aliphatic carbocycles. The van der Waals surface area contributed by atoms with E-state index in [0.717, 1.165) is 49.3 Å². The molecule has 1 aromatic carbocycles. The van der Waals surface area contributed by atoms with Crippen LogP contribution in [0.4, 0.5) is 5.95 Å². The standard InChI is InChI=1S/C24H23N5O4S.C2H6/c25-13-15-6-2-3-7-16(15)14-29-22(31)20-18(27-24(29)28-9-4-1-5-10-28)12-19(34-20)21(30)26-17-8-11-33-23(17)32;1-2/h2-3,6-7,12,17H,1,4-5,8-11,14H2,(H,26,30);1-2H3. The number of rotatable bonds is 5. The van der Waals surface area contributed by atoms with Crippen LogP contribution < -0.4 is 15.8 Å². The molecule has 1 amide bonds. The van der Waals surface area contributed by atoms with Crippen molar-refractivity contribution >= 4 is 39.4 Å². The Labute approximate surface area is 213 Å². The summed E-state index contributed by atoms with van der Waals surface area (Å²) in [5.74, 6) is -0.320. The molecule has 1 atom stereocenters. The summed E-state index contributed by atoms with van der Waals surface area (Å²) in [4.78, 5) is 45.4. The Hall–Kier alpha value is -3.71. The summed E-state index contributed by atoms with van der Waals surface area (Å²) >= 11 is 1.06. The van der Waals surface area contributed by atoms with Crippen LogP contribution in [0.5, 0.6) is 0 Å². The van der Waals surface area contributed by atoms with E-state index in [2.05, 4.69) is 16.3 Å². The van der Waals surface area contributed by atoms with Crippen LogP contribution in [0.3, 0.4) is 0 Å². The lowest BCUT2D eigenvalue weighted by Crippen LogP contribution is -2.37. The minimum atomic E-state index is -0.672. The Morgan fingerprint density at radius 1 is 1.22 bits per heavy atom. The average molecular weight is 508 g/mol. The fourth-order valence-corrected chi connectivity index (χ4v) is 5.33. The topological polar surface area (TPSA) is 117 Å².